The molecule has 0 aromatic heterocycles. The van der Waals surface area contributed by atoms with Gasteiger partial charge in [-0.25, -0.2) is 0 Å². The summed E-state index contributed by atoms with van der Waals surface area (Å²) in [7, 11) is 0. The number of carbonyl (C=O) groups excluding carboxylic acids is 2. The van der Waals surface area contributed by atoms with Crippen molar-refractivity contribution in [2.45, 2.75) is 51.3 Å². The van der Waals surface area contributed by atoms with Crippen LogP contribution in [0.3, 0.4) is 0 Å². The third-order valence-electron chi connectivity index (χ3n) is 3.79. The van der Waals surface area contributed by atoms with Gasteiger partial charge in [0, 0.05) is 12.1 Å². The molecule has 0 saturated heterocycles. The molecule has 1 aromatic carbocycles. The van der Waals surface area contributed by atoms with Crippen molar-refractivity contribution >= 4 is 29.1 Å². The van der Waals surface area contributed by atoms with Crippen LogP contribution in [0.25, 0.3) is 0 Å². The first-order valence-corrected chi connectivity index (χ1v) is 8.56. The fourth-order valence-electron chi connectivity index (χ4n) is 1.99. The molecule has 9 heteroatoms. The van der Waals surface area contributed by atoms with Crippen LogP contribution in [-0.4, -0.2) is 35.2 Å². The summed E-state index contributed by atoms with van der Waals surface area (Å²) in [4.78, 5) is 23.7. The molecule has 5 nitrogen and oxygen atoms in total. The van der Waals surface area contributed by atoms with Gasteiger partial charge in [0.2, 0.25) is 5.60 Å². The summed E-state index contributed by atoms with van der Waals surface area (Å²) in [6, 6.07) is 3.77. The molecule has 0 aliphatic heterocycles. The van der Waals surface area contributed by atoms with Crippen LogP contribution in [0.2, 0.25) is 5.02 Å². The maximum atomic E-state index is 12.7. The lowest BCUT2D eigenvalue weighted by Gasteiger charge is -2.25. The molecule has 0 spiro atoms. The van der Waals surface area contributed by atoms with Crippen LogP contribution in [-0.2, 0) is 4.79 Å². The van der Waals surface area contributed by atoms with Crippen LogP contribution < -0.4 is 10.6 Å². The molecule has 1 atom stereocenters. The Hall–Kier alpha value is -1.80. The van der Waals surface area contributed by atoms with E-state index in [9.17, 15) is 27.9 Å². The summed E-state index contributed by atoms with van der Waals surface area (Å²) in [6.07, 6.45) is -1.13. The topological polar surface area (TPSA) is 78.4 Å². The Morgan fingerprint density at radius 3 is 2.38 bits per heavy atom. The van der Waals surface area contributed by atoms with Crippen LogP contribution in [0.5, 0.6) is 0 Å². The van der Waals surface area contributed by atoms with Gasteiger partial charge in [0.25, 0.3) is 11.8 Å². The van der Waals surface area contributed by atoms with E-state index >= 15 is 0 Å². The SMILES string of the molecule is CCCCCCNC(=O)c1ccc(NC(=O)[C@@](C)(O)C(F)(F)F)c(Cl)c1. The summed E-state index contributed by atoms with van der Waals surface area (Å²) in [6.45, 7) is 2.93. The minimum absolute atomic E-state index is 0.116. The van der Waals surface area contributed by atoms with Crippen molar-refractivity contribution in [1.29, 1.82) is 0 Å². The third kappa shape index (κ3) is 5.88. The van der Waals surface area contributed by atoms with Gasteiger partial charge in [0.1, 0.15) is 0 Å². The molecule has 0 heterocycles. The summed E-state index contributed by atoms with van der Waals surface area (Å²) in [5, 5.41) is 13.8. The molecular formula is C17H22ClF3N2O3. The van der Waals surface area contributed by atoms with Crippen molar-refractivity contribution in [2.24, 2.45) is 0 Å². The number of unbranched alkanes of at least 4 members (excludes halogenated alkanes) is 3. The largest absolute Gasteiger partial charge is 0.426 e. The number of aliphatic hydroxyl groups is 1. The Balaban J connectivity index is 2.73. The highest BCUT2D eigenvalue weighted by molar-refractivity contribution is 6.34. The maximum absolute atomic E-state index is 12.7. The Morgan fingerprint density at radius 2 is 1.85 bits per heavy atom. The number of alkyl halides is 3. The van der Waals surface area contributed by atoms with Gasteiger partial charge in [-0.15, -0.1) is 0 Å². The fourth-order valence-corrected chi connectivity index (χ4v) is 2.21. The monoisotopic (exact) mass is 394 g/mol. The first-order chi connectivity index (χ1) is 12.0. The molecule has 0 aliphatic rings. The van der Waals surface area contributed by atoms with Crippen molar-refractivity contribution in [1.82, 2.24) is 5.32 Å². The lowest BCUT2D eigenvalue weighted by atomic mass is 10.1. The first-order valence-electron chi connectivity index (χ1n) is 8.19. The minimum Gasteiger partial charge on any atom is -0.373 e. The van der Waals surface area contributed by atoms with Crippen molar-refractivity contribution in [3.63, 3.8) is 0 Å². The maximum Gasteiger partial charge on any atom is 0.426 e. The minimum atomic E-state index is -5.14. The lowest BCUT2D eigenvalue weighted by Crippen LogP contribution is -2.52. The first kappa shape index (κ1) is 22.2. The molecule has 146 valence electrons. The number of rotatable bonds is 8. The van der Waals surface area contributed by atoms with Crippen LogP contribution in [0.15, 0.2) is 18.2 Å². The molecule has 0 unspecified atom stereocenters. The molecule has 26 heavy (non-hydrogen) atoms. The van der Waals surface area contributed by atoms with Gasteiger partial charge in [-0.1, -0.05) is 37.8 Å². The van der Waals surface area contributed by atoms with Crippen LogP contribution in [0, 0.1) is 0 Å². The Morgan fingerprint density at radius 1 is 1.19 bits per heavy atom. The number of carbonyl (C=O) groups is 2. The summed E-state index contributed by atoms with van der Waals surface area (Å²) in [5.74, 6) is -2.04. The second kappa shape index (κ2) is 9.23. The van der Waals surface area contributed by atoms with Gasteiger partial charge in [0.15, 0.2) is 0 Å². The number of halogens is 4. The normalized spacial score (nSPS) is 13.8. The van der Waals surface area contributed by atoms with E-state index in [2.05, 4.69) is 12.2 Å². The molecule has 2 amide bonds. The van der Waals surface area contributed by atoms with Gasteiger partial charge in [-0.05, 0) is 31.5 Å². The standard InChI is InChI=1S/C17H22ClF3N2O3/c1-3-4-5-6-9-22-14(24)11-7-8-13(12(18)10-11)23-15(25)16(2,26)17(19,20)21/h7-8,10,26H,3-6,9H2,1-2H3,(H,22,24)(H,23,25)/t16-/m1/s1. The zero-order valence-electron chi connectivity index (χ0n) is 14.5. The highest BCUT2D eigenvalue weighted by Gasteiger charge is 2.55. The van der Waals surface area contributed by atoms with E-state index in [1.165, 1.54) is 18.2 Å². The van der Waals surface area contributed by atoms with Crippen molar-refractivity contribution in [3.05, 3.63) is 28.8 Å². The zero-order chi connectivity index (χ0) is 20.0. The average Bonchev–Trinajstić information content (AvgIpc) is 2.55. The van der Waals surface area contributed by atoms with Gasteiger partial charge >= 0.3 is 6.18 Å². The second-order valence-corrected chi connectivity index (χ2v) is 6.44. The van der Waals surface area contributed by atoms with Crippen LogP contribution in [0.4, 0.5) is 18.9 Å². The van der Waals surface area contributed by atoms with Crippen LogP contribution >= 0.6 is 11.6 Å². The van der Waals surface area contributed by atoms with Gasteiger partial charge in [-0.2, -0.15) is 13.2 Å². The van der Waals surface area contributed by atoms with Crippen molar-refractivity contribution < 1.29 is 27.9 Å². The van der Waals surface area contributed by atoms with Gasteiger partial charge in [-0.3, -0.25) is 9.59 Å². The van der Waals surface area contributed by atoms with E-state index in [4.69, 9.17) is 11.6 Å². The highest BCUT2D eigenvalue weighted by atomic mass is 35.5. The molecule has 1 rings (SSSR count). The van der Waals surface area contributed by atoms with E-state index in [0.29, 0.717) is 13.5 Å². The number of hydrogen-bond acceptors (Lipinski definition) is 3. The number of amides is 2. The summed E-state index contributed by atoms with van der Waals surface area (Å²) >= 11 is 5.93. The van der Waals surface area contributed by atoms with E-state index in [0.717, 1.165) is 25.7 Å². The summed E-state index contributed by atoms with van der Waals surface area (Å²) < 4.78 is 38.0. The molecule has 0 fully saturated rings. The van der Waals surface area contributed by atoms with Crippen molar-refractivity contribution in [2.75, 3.05) is 11.9 Å². The Labute approximate surface area is 154 Å². The van der Waals surface area contributed by atoms with Crippen LogP contribution in [0.1, 0.15) is 49.9 Å². The summed E-state index contributed by atoms with van der Waals surface area (Å²) in [5.41, 5.74) is -3.49. The van der Waals surface area contributed by atoms with E-state index in [1.807, 2.05) is 5.32 Å². The van der Waals surface area contributed by atoms with Gasteiger partial charge in [0.05, 0.1) is 10.7 Å². The molecular weight excluding hydrogens is 373 g/mol. The molecule has 3 N–H and O–H groups in total. The third-order valence-corrected chi connectivity index (χ3v) is 4.10. The van der Waals surface area contributed by atoms with Crippen molar-refractivity contribution in [3.8, 4) is 0 Å². The molecule has 1 aromatic rings. The Bertz CT molecular complexity index is 649. The van der Waals surface area contributed by atoms with E-state index < -0.39 is 17.7 Å². The molecule has 0 bridgehead atoms. The average molecular weight is 395 g/mol. The Kier molecular flexibility index (Phi) is 7.89. The fraction of sp³-hybridized carbons (Fsp3) is 0.529. The predicted molar refractivity (Wildman–Crippen MR) is 93.2 cm³/mol. The number of anilines is 1. The lowest BCUT2D eigenvalue weighted by molar-refractivity contribution is -0.242. The van der Waals surface area contributed by atoms with E-state index in [-0.39, 0.29) is 22.2 Å². The molecule has 0 saturated carbocycles. The number of benzene rings is 1. The number of nitrogens with one attached hydrogen (secondary N) is 2. The second-order valence-electron chi connectivity index (χ2n) is 6.04. The van der Waals surface area contributed by atoms with Gasteiger partial charge < -0.3 is 15.7 Å². The smallest absolute Gasteiger partial charge is 0.373 e. The molecule has 0 radical (unpaired) electrons. The predicted octanol–water partition coefficient (Wildman–Crippen LogP) is 3.90. The number of hydrogen-bond donors (Lipinski definition) is 3. The quantitative estimate of drug-likeness (QED) is 0.585. The molecule has 0 aliphatic carbocycles. The zero-order valence-corrected chi connectivity index (χ0v) is 15.3. The highest BCUT2D eigenvalue weighted by Crippen LogP contribution is 2.32. The van der Waals surface area contributed by atoms with E-state index in [1.54, 1.807) is 0 Å².